The molecule has 3 nitrogen and oxygen atoms in total. The monoisotopic (exact) mass is 459 g/mol. The molecule has 0 fully saturated rings. The summed E-state index contributed by atoms with van der Waals surface area (Å²) in [7, 11) is 0. The van der Waals surface area contributed by atoms with Crippen molar-refractivity contribution in [3.8, 4) is 28.7 Å². The lowest BCUT2D eigenvalue weighted by molar-refractivity contribution is -0.128. The lowest BCUT2D eigenvalue weighted by Gasteiger charge is -2.19. The van der Waals surface area contributed by atoms with Gasteiger partial charge in [0.15, 0.2) is 5.69 Å². The molecule has 4 aromatic rings. The van der Waals surface area contributed by atoms with E-state index < -0.39 is 12.6 Å². The van der Waals surface area contributed by atoms with E-state index in [1.54, 1.807) is 12.1 Å². The van der Waals surface area contributed by atoms with Crippen LogP contribution in [-0.4, -0.2) is 21.2 Å². The molecule has 0 N–H and O–H groups in total. The summed E-state index contributed by atoms with van der Waals surface area (Å²) in [6, 6.07) is 24.8. The first kappa shape index (κ1) is 23.3. The van der Waals surface area contributed by atoms with E-state index in [0.717, 1.165) is 16.7 Å². The molecular weight excluding hydrogens is 435 g/mol. The molecule has 3 aromatic carbocycles. The van der Waals surface area contributed by atoms with Crippen LogP contribution in [0, 0.1) is 11.8 Å². The van der Waals surface area contributed by atoms with Gasteiger partial charge in [0.25, 0.3) is 0 Å². The predicted molar refractivity (Wildman–Crippen MR) is 128 cm³/mol. The van der Waals surface area contributed by atoms with Gasteiger partial charge in [-0.1, -0.05) is 86.5 Å². The van der Waals surface area contributed by atoms with Gasteiger partial charge in [-0.05, 0) is 52.3 Å². The molecule has 0 amide bonds. The van der Waals surface area contributed by atoms with Crippen molar-refractivity contribution in [3.63, 3.8) is 0 Å². The van der Waals surface area contributed by atoms with Gasteiger partial charge in [0.2, 0.25) is 0 Å². The maximum absolute atomic E-state index is 13.4. The Morgan fingerprint density at radius 1 is 0.765 bits per heavy atom. The van der Waals surface area contributed by atoms with Gasteiger partial charge >= 0.3 is 6.18 Å². The van der Waals surface area contributed by atoms with Crippen LogP contribution in [0.1, 0.15) is 43.3 Å². The molecule has 1 heterocycles. The number of rotatable bonds is 3. The number of hydrogen-bond acceptors (Lipinski definition) is 2. The minimum Gasteiger partial charge on any atom is -0.216 e. The molecule has 0 saturated heterocycles. The highest BCUT2D eigenvalue weighted by atomic mass is 19.4. The average Bonchev–Trinajstić information content (AvgIpc) is 3.19. The predicted octanol–water partition coefficient (Wildman–Crippen LogP) is 6.74. The van der Waals surface area contributed by atoms with Gasteiger partial charge in [-0.25, -0.2) is 4.68 Å². The number of alkyl halides is 3. The lowest BCUT2D eigenvalue weighted by Crippen LogP contribution is -2.16. The van der Waals surface area contributed by atoms with Crippen molar-refractivity contribution in [3.05, 3.63) is 101 Å². The van der Waals surface area contributed by atoms with Crippen LogP contribution in [-0.2, 0) is 11.8 Å². The van der Waals surface area contributed by atoms with Crippen molar-refractivity contribution in [2.75, 3.05) is 0 Å². The minimum atomic E-state index is -4.42. The van der Waals surface area contributed by atoms with Crippen molar-refractivity contribution < 1.29 is 13.2 Å². The lowest BCUT2D eigenvalue weighted by atomic mass is 9.87. The van der Waals surface area contributed by atoms with Crippen LogP contribution in [0.2, 0.25) is 0 Å². The van der Waals surface area contributed by atoms with E-state index in [2.05, 4.69) is 42.9 Å². The summed E-state index contributed by atoms with van der Waals surface area (Å²) in [5.41, 5.74) is 4.26. The van der Waals surface area contributed by atoms with Crippen molar-refractivity contribution in [1.29, 1.82) is 0 Å². The Labute approximate surface area is 197 Å². The van der Waals surface area contributed by atoms with Gasteiger partial charge < -0.3 is 0 Å². The van der Waals surface area contributed by atoms with Gasteiger partial charge in [0.1, 0.15) is 0 Å². The molecule has 1 aromatic heterocycles. The van der Waals surface area contributed by atoms with E-state index >= 15 is 0 Å². The zero-order valence-corrected chi connectivity index (χ0v) is 19.2. The first-order valence-electron chi connectivity index (χ1n) is 10.9. The summed E-state index contributed by atoms with van der Waals surface area (Å²) in [4.78, 5) is 0. The summed E-state index contributed by atoms with van der Waals surface area (Å²) < 4.78 is 41.3. The molecule has 0 unspecified atom stereocenters. The average molecular weight is 460 g/mol. The zero-order valence-electron chi connectivity index (χ0n) is 19.2. The first-order valence-corrected chi connectivity index (χ1v) is 10.9. The molecule has 0 aliphatic heterocycles. The van der Waals surface area contributed by atoms with E-state index in [1.165, 1.54) is 4.68 Å². The highest BCUT2D eigenvalue weighted by Gasteiger charge is 2.32. The van der Waals surface area contributed by atoms with Crippen LogP contribution in [0.3, 0.4) is 0 Å². The fraction of sp³-hybridized carbons (Fsp3) is 0.214. The van der Waals surface area contributed by atoms with Gasteiger partial charge in [0.05, 0.1) is 17.8 Å². The molecule has 34 heavy (non-hydrogen) atoms. The second kappa shape index (κ2) is 9.18. The molecule has 0 aliphatic carbocycles. The minimum absolute atomic E-state index is 0.0179. The van der Waals surface area contributed by atoms with Crippen LogP contribution in [0.25, 0.3) is 16.8 Å². The molecule has 0 spiro atoms. The van der Waals surface area contributed by atoms with Crippen molar-refractivity contribution in [2.24, 2.45) is 0 Å². The Morgan fingerprint density at radius 2 is 1.38 bits per heavy atom. The second-order valence-electron chi connectivity index (χ2n) is 9.08. The normalized spacial score (nSPS) is 11.7. The number of hydrogen-bond donors (Lipinski definition) is 0. The molecule has 172 valence electrons. The van der Waals surface area contributed by atoms with E-state index in [0.29, 0.717) is 11.3 Å². The SMILES string of the molecule is CC(C)(C)c1ccc(-n2nnc(C#Cc3ccc(-c4ccccc4)cc3)c2CC(F)(F)F)cc1. The van der Waals surface area contributed by atoms with Crippen molar-refractivity contribution >= 4 is 0 Å². The fourth-order valence-corrected chi connectivity index (χ4v) is 3.57. The molecule has 0 bridgehead atoms. The fourth-order valence-electron chi connectivity index (χ4n) is 3.57. The number of benzene rings is 3. The molecule has 4 rings (SSSR count). The van der Waals surface area contributed by atoms with Crippen LogP contribution in [0.15, 0.2) is 78.9 Å². The number of halogens is 3. The van der Waals surface area contributed by atoms with Crippen LogP contribution in [0.5, 0.6) is 0 Å². The Kier molecular flexibility index (Phi) is 6.30. The van der Waals surface area contributed by atoms with Gasteiger partial charge in [-0.15, -0.1) is 5.10 Å². The standard InChI is InChI=1S/C28H24F3N3/c1-27(2,3)23-14-16-24(17-15-23)34-26(19-28(29,30)31)25(32-33-34)18-11-20-9-12-22(13-10-20)21-7-5-4-6-8-21/h4-10,12-17H,19H2,1-3H3. The van der Waals surface area contributed by atoms with E-state index in [9.17, 15) is 13.2 Å². The first-order chi connectivity index (χ1) is 16.1. The van der Waals surface area contributed by atoms with Gasteiger partial charge in [0, 0.05) is 5.56 Å². The van der Waals surface area contributed by atoms with Gasteiger partial charge in [-0.2, -0.15) is 13.2 Å². The summed E-state index contributed by atoms with van der Waals surface area (Å²) in [5.74, 6) is 5.72. The molecule has 0 aliphatic rings. The quantitative estimate of drug-likeness (QED) is 0.318. The Balaban J connectivity index is 1.65. The van der Waals surface area contributed by atoms with Crippen LogP contribution < -0.4 is 0 Å². The van der Waals surface area contributed by atoms with Crippen molar-refractivity contribution in [1.82, 2.24) is 15.0 Å². The van der Waals surface area contributed by atoms with Crippen LogP contribution in [0.4, 0.5) is 13.2 Å². The highest BCUT2D eigenvalue weighted by Crippen LogP contribution is 2.27. The smallest absolute Gasteiger partial charge is 0.216 e. The van der Waals surface area contributed by atoms with E-state index in [1.807, 2.05) is 66.7 Å². The zero-order chi connectivity index (χ0) is 24.3. The van der Waals surface area contributed by atoms with Gasteiger partial charge in [-0.3, -0.25) is 0 Å². The molecule has 0 saturated carbocycles. The Hall–Kier alpha value is -3.85. The third-order valence-corrected chi connectivity index (χ3v) is 5.43. The molecule has 6 heteroatoms. The summed E-state index contributed by atoms with van der Waals surface area (Å²) in [6.07, 6.45) is -5.59. The van der Waals surface area contributed by atoms with Crippen molar-refractivity contribution in [2.45, 2.75) is 38.8 Å². The van der Waals surface area contributed by atoms with E-state index in [4.69, 9.17) is 0 Å². The highest BCUT2D eigenvalue weighted by molar-refractivity contribution is 5.64. The maximum atomic E-state index is 13.4. The molecular formula is C28H24F3N3. The third-order valence-electron chi connectivity index (χ3n) is 5.43. The summed E-state index contributed by atoms with van der Waals surface area (Å²) >= 11 is 0. The molecule has 0 atom stereocenters. The van der Waals surface area contributed by atoms with E-state index in [-0.39, 0.29) is 16.8 Å². The third kappa shape index (κ3) is 5.55. The Bertz CT molecular complexity index is 1320. The topological polar surface area (TPSA) is 30.7 Å². The largest absolute Gasteiger partial charge is 0.394 e. The maximum Gasteiger partial charge on any atom is 0.394 e. The molecule has 0 radical (unpaired) electrons. The number of nitrogens with zero attached hydrogens (tertiary/aromatic N) is 3. The number of aromatic nitrogens is 3. The Morgan fingerprint density at radius 3 is 1.97 bits per heavy atom. The summed E-state index contributed by atoms with van der Waals surface area (Å²) in [5, 5.41) is 7.96. The summed E-state index contributed by atoms with van der Waals surface area (Å²) in [6.45, 7) is 6.23. The van der Waals surface area contributed by atoms with Crippen LogP contribution >= 0.6 is 0 Å². The second-order valence-corrected chi connectivity index (χ2v) is 9.08.